The van der Waals surface area contributed by atoms with Gasteiger partial charge in [-0.3, -0.25) is 4.79 Å². The number of nitrogens with one attached hydrogen (secondary N) is 1. The Morgan fingerprint density at radius 1 is 1.10 bits per heavy atom. The highest BCUT2D eigenvalue weighted by Crippen LogP contribution is 2.21. The number of rotatable bonds is 4. The molecule has 2 aromatic heterocycles. The van der Waals surface area contributed by atoms with Crippen molar-refractivity contribution in [2.24, 2.45) is 4.99 Å². The molecule has 0 unspecified atom stereocenters. The van der Waals surface area contributed by atoms with Gasteiger partial charge in [-0.2, -0.15) is 0 Å². The Morgan fingerprint density at radius 2 is 2.00 bits per heavy atom. The predicted octanol–water partition coefficient (Wildman–Crippen LogP) is 4.58. The average molecular weight is 385 g/mol. The molecule has 2 heterocycles. The summed E-state index contributed by atoms with van der Waals surface area (Å²) in [7, 11) is 0. The van der Waals surface area contributed by atoms with Gasteiger partial charge in [0.15, 0.2) is 0 Å². The Kier molecular flexibility index (Phi) is 5.07. The number of phenolic OH excluding ortho intramolecular Hbond substituents is 1. The third-order valence-corrected chi connectivity index (χ3v) is 4.43. The number of pyridine rings is 1. The third-order valence-electron chi connectivity index (χ3n) is 4.43. The van der Waals surface area contributed by atoms with E-state index in [1.807, 2.05) is 24.3 Å². The number of carbonyl (C=O) groups is 1. The molecule has 2 N–H and O–H groups in total. The minimum atomic E-state index is -0.382. The van der Waals surface area contributed by atoms with Crippen LogP contribution in [0.4, 0.5) is 11.5 Å². The highest BCUT2D eigenvalue weighted by Gasteiger charge is 2.14. The zero-order valence-corrected chi connectivity index (χ0v) is 15.8. The van der Waals surface area contributed by atoms with Crippen LogP contribution in [0.2, 0.25) is 0 Å². The Balaban J connectivity index is 1.86. The first-order chi connectivity index (χ1) is 14.1. The summed E-state index contributed by atoms with van der Waals surface area (Å²) in [6.45, 7) is 2.06. The number of anilines is 1. The van der Waals surface area contributed by atoms with Crippen molar-refractivity contribution in [2.75, 3.05) is 5.32 Å². The molecule has 0 aliphatic rings. The van der Waals surface area contributed by atoms with Crippen LogP contribution in [0.3, 0.4) is 0 Å². The van der Waals surface area contributed by atoms with E-state index in [4.69, 9.17) is 4.42 Å². The van der Waals surface area contributed by atoms with Gasteiger partial charge in [-0.05, 0) is 54.4 Å². The van der Waals surface area contributed by atoms with Crippen molar-refractivity contribution in [1.82, 2.24) is 4.98 Å². The average Bonchev–Trinajstić information content (AvgIpc) is 2.74. The number of nitrogens with zero attached hydrogens (tertiary/aromatic N) is 2. The second kappa shape index (κ2) is 7.98. The lowest BCUT2D eigenvalue weighted by Gasteiger charge is -2.07. The van der Waals surface area contributed by atoms with Crippen LogP contribution >= 0.6 is 0 Å². The van der Waals surface area contributed by atoms with Crippen molar-refractivity contribution < 1.29 is 14.3 Å². The number of fused-ring (bicyclic) bond motifs is 1. The van der Waals surface area contributed by atoms with Gasteiger partial charge in [-0.25, -0.2) is 9.98 Å². The van der Waals surface area contributed by atoms with E-state index in [1.54, 1.807) is 42.6 Å². The van der Waals surface area contributed by atoms with Gasteiger partial charge in [-0.15, -0.1) is 0 Å². The van der Waals surface area contributed by atoms with Crippen molar-refractivity contribution in [1.29, 1.82) is 0 Å². The lowest BCUT2D eigenvalue weighted by atomic mass is 10.1. The van der Waals surface area contributed by atoms with Crippen LogP contribution < -0.4 is 10.9 Å². The lowest BCUT2D eigenvalue weighted by molar-refractivity contribution is 0.102. The van der Waals surface area contributed by atoms with E-state index < -0.39 is 0 Å². The molecule has 0 atom stereocenters. The van der Waals surface area contributed by atoms with Crippen LogP contribution in [-0.2, 0) is 6.42 Å². The maximum Gasteiger partial charge on any atom is 0.262 e. The quantitative estimate of drug-likeness (QED) is 0.538. The highest BCUT2D eigenvalue weighted by atomic mass is 16.3. The van der Waals surface area contributed by atoms with Gasteiger partial charge < -0.3 is 14.8 Å². The molecule has 0 aliphatic heterocycles. The largest absolute Gasteiger partial charge is 0.508 e. The fourth-order valence-corrected chi connectivity index (χ4v) is 2.94. The molecule has 0 fully saturated rings. The van der Waals surface area contributed by atoms with E-state index >= 15 is 0 Å². The molecule has 0 radical (unpaired) electrons. The summed E-state index contributed by atoms with van der Waals surface area (Å²) >= 11 is 0. The van der Waals surface area contributed by atoms with Gasteiger partial charge in [-0.1, -0.05) is 25.1 Å². The smallest absolute Gasteiger partial charge is 0.262 e. The van der Waals surface area contributed by atoms with E-state index in [1.165, 1.54) is 6.07 Å². The molecular formula is C23H19N3O3. The Labute approximate surface area is 167 Å². The molecular weight excluding hydrogens is 366 g/mol. The number of hydrogen-bond donors (Lipinski definition) is 2. The SMILES string of the molecule is CCc1cccc(N=c2oc3cc(O)ccc3cc2C(=O)Nc2ccccn2)c1. The summed E-state index contributed by atoms with van der Waals surface area (Å²) in [5.41, 5.74) is 2.67. The van der Waals surface area contributed by atoms with Gasteiger partial charge in [0.05, 0.1) is 5.69 Å². The molecule has 4 aromatic rings. The molecule has 6 nitrogen and oxygen atoms in total. The van der Waals surface area contributed by atoms with Crippen molar-refractivity contribution in [2.45, 2.75) is 13.3 Å². The fourth-order valence-electron chi connectivity index (χ4n) is 2.94. The van der Waals surface area contributed by atoms with Gasteiger partial charge in [0.1, 0.15) is 22.7 Å². The number of amides is 1. The van der Waals surface area contributed by atoms with Crippen molar-refractivity contribution in [3.63, 3.8) is 0 Å². The second-order valence-corrected chi connectivity index (χ2v) is 6.49. The number of hydrogen-bond acceptors (Lipinski definition) is 5. The number of phenols is 1. The zero-order chi connectivity index (χ0) is 20.2. The van der Waals surface area contributed by atoms with Crippen molar-refractivity contribution in [3.8, 4) is 5.75 Å². The molecule has 0 spiro atoms. The van der Waals surface area contributed by atoms with Crippen LogP contribution in [0, 0.1) is 0 Å². The molecule has 0 bridgehead atoms. The molecule has 0 saturated heterocycles. The Bertz CT molecular complexity index is 1250. The van der Waals surface area contributed by atoms with Gasteiger partial charge in [0, 0.05) is 17.6 Å². The molecule has 6 heteroatoms. The minimum Gasteiger partial charge on any atom is -0.508 e. The molecule has 29 heavy (non-hydrogen) atoms. The Hall–Kier alpha value is -3.93. The number of benzene rings is 2. The first-order valence-electron chi connectivity index (χ1n) is 9.25. The molecule has 4 rings (SSSR count). The molecule has 2 aromatic carbocycles. The summed E-state index contributed by atoms with van der Waals surface area (Å²) in [6, 6.07) is 19.4. The summed E-state index contributed by atoms with van der Waals surface area (Å²) in [5.74, 6) is 0.126. The van der Waals surface area contributed by atoms with Crippen LogP contribution in [0.15, 0.2) is 82.3 Å². The number of aromatic hydroxyl groups is 1. The number of carbonyl (C=O) groups excluding carboxylic acids is 1. The van der Waals surface area contributed by atoms with Crippen LogP contribution in [0.1, 0.15) is 22.8 Å². The Morgan fingerprint density at radius 3 is 2.79 bits per heavy atom. The minimum absolute atomic E-state index is 0.0749. The second-order valence-electron chi connectivity index (χ2n) is 6.49. The summed E-state index contributed by atoms with van der Waals surface area (Å²) < 4.78 is 5.90. The third kappa shape index (κ3) is 4.16. The number of aromatic nitrogens is 1. The van der Waals surface area contributed by atoms with Gasteiger partial charge in [0.25, 0.3) is 5.91 Å². The van der Waals surface area contributed by atoms with Crippen LogP contribution in [0.5, 0.6) is 5.75 Å². The maximum absolute atomic E-state index is 12.9. The van der Waals surface area contributed by atoms with Gasteiger partial charge in [0.2, 0.25) is 5.55 Å². The van der Waals surface area contributed by atoms with E-state index in [9.17, 15) is 9.90 Å². The zero-order valence-electron chi connectivity index (χ0n) is 15.8. The predicted molar refractivity (Wildman–Crippen MR) is 111 cm³/mol. The van der Waals surface area contributed by atoms with Crippen molar-refractivity contribution in [3.05, 3.63) is 89.6 Å². The topological polar surface area (TPSA) is 87.7 Å². The fraction of sp³-hybridized carbons (Fsp3) is 0.0870. The summed E-state index contributed by atoms with van der Waals surface area (Å²) in [4.78, 5) is 21.6. The normalized spacial score (nSPS) is 11.6. The number of aryl methyl sites for hydroxylation is 1. The van der Waals surface area contributed by atoms with Crippen LogP contribution in [0.25, 0.3) is 11.0 Å². The van der Waals surface area contributed by atoms with E-state index in [0.717, 1.165) is 12.0 Å². The van der Waals surface area contributed by atoms with E-state index in [-0.39, 0.29) is 22.8 Å². The van der Waals surface area contributed by atoms with E-state index in [0.29, 0.717) is 22.5 Å². The first kappa shape index (κ1) is 18.4. The monoisotopic (exact) mass is 385 g/mol. The summed E-state index contributed by atoms with van der Waals surface area (Å²) in [5, 5.41) is 13.2. The van der Waals surface area contributed by atoms with Crippen LogP contribution in [-0.4, -0.2) is 16.0 Å². The van der Waals surface area contributed by atoms with Gasteiger partial charge >= 0.3 is 0 Å². The first-order valence-corrected chi connectivity index (χ1v) is 9.25. The molecule has 0 saturated carbocycles. The highest BCUT2D eigenvalue weighted by molar-refractivity contribution is 6.05. The van der Waals surface area contributed by atoms with Crippen molar-refractivity contribution >= 4 is 28.4 Å². The summed E-state index contributed by atoms with van der Waals surface area (Å²) in [6.07, 6.45) is 2.48. The maximum atomic E-state index is 12.9. The standard InChI is InChI=1S/C23H19N3O3/c1-2-15-6-5-7-17(12-15)25-23-19(22(28)26-21-8-3-4-11-24-21)13-16-9-10-18(27)14-20(16)29-23/h3-14,27H,2H2,1H3,(H,24,26,28). The molecule has 1 amide bonds. The lowest BCUT2D eigenvalue weighted by Crippen LogP contribution is -2.22. The van der Waals surface area contributed by atoms with E-state index in [2.05, 4.69) is 22.2 Å². The molecule has 144 valence electrons. The molecule has 0 aliphatic carbocycles.